The Morgan fingerprint density at radius 1 is 0.935 bits per heavy atom. The van der Waals surface area contributed by atoms with Crippen LogP contribution in [0.3, 0.4) is 0 Å². The van der Waals surface area contributed by atoms with Crippen LogP contribution in [0.5, 0.6) is 0 Å². The number of halogens is 1. The minimum absolute atomic E-state index is 0.158. The molecule has 4 aromatic rings. The maximum atomic E-state index is 14.2. The summed E-state index contributed by atoms with van der Waals surface area (Å²) in [4.78, 5) is 13.1. The monoisotopic (exact) mass is 409 g/mol. The highest BCUT2D eigenvalue weighted by Gasteiger charge is 2.28. The number of benzene rings is 3. The van der Waals surface area contributed by atoms with Crippen LogP contribution in [-0.2, 0) is 11.3 Å². The molecule has 0 saturated carbocycles. The van der Waals surface area contributed by atoms with E-state index in [0.29, 0.717) is 23.4 Å². The summed E-state index contributed by atoms with van der Waals surface area (Å²) in [7, 11) is 0. The summed E-state index contributed by atoms with van der Waals surface area (Å²) < 4.78 is 16.2. The number of carbonyl (C=O) groups excluding carboxylic acids is 1. The molecule has 3 aromatic carbocycles. The van der Waals surface area contributed by atoms with Gasteiger partial charge >= 0.3 is 0 Å². The first-order valence-electron chi connectivity index (χ1n) is 10.1. The Balaban J connectivity index is 1.55. The topological polar surface area (TPSA) is 37.6 Å². The summed E-state index contributed by atoms with van der Waals surface area (Å²) in [5.74, 6) is -0.387. The van der Waals surface area contributed by atoms with E-state index in [9.17, 15) is 9.18 Å². The van der Waals surface area contributed by atoms with Gasteiger partial charge in [-0.1, -0.05) is 54.6 Å². The molecule has 0 fully saturated rings. The second-order valence-electron chi connectivity index (χ2n) is 7.52. The molecular weight excluding hydrogens is 389 g/mol. The number of carbonyl (C=O) groups is 1. The Morgan fingerprint density at radius 3 is 2.45 bits per heavy atom. The van der Waals surface area contributed by atoms with Gasteiger partial charge in [0.25, 0.3) is 5.91 Å². The molecule has 31 heavy (non-hydrogen) atoms. The van der Waals surface area contributed by atoms with Crippen LogP contribution in [0, 0.1) is 5.82 Å². The summed E-state index contributed by atoms with van der Waals surface area (Å²) in [5, 5.41) is 6.89. The molecule has 0 saturated heterocycles. The molecule has 0 spiro atoms. The molecule has 2 heterocycles. The number of para-hydroxylation sites is 2. The van der Waals surface area contributed by atoms with Crippen LogP contribution in [0.1, 0.15) is 18.1 Å². The van der Waals surface area contributed by atoms with Crippen LogP contribution in [0.15, 0.2) is 95.7 Å². The van der Waals surface area contributed by atoms with E-state index in [0.717, 1.165) is 22.2 Å². The lowest BCUT2D eigenvalue weighted by Gasteiger charge is -2.10. The number of hydrogen-bond donors (Lipinski definition) is 0. The standard InChI is InChI=1S/C26H20FN3O/c1-18-23(26(31)30(28-18)21-10-3-2-4-11-21)15-20-17-29(25-14-8-6-12-22(20)25)16-19-9-5-7-13-24(19)27/h2-15,17H,16H2,1H3. The molecule has 0 unspecified atom stereocenters. The van der Waals surface area contributed by atoms with Gasteiger partial charge < -0.3 is 4.57 Å². The molecule has 0 atom stereocenters. The minimum Gasteiger partial charge on any atom is -0.342 e. The molecule has 5 rings (SSSR count). The third-order valence-electron chi connectivity index (χ3n) is 5.48. The van der Waals surface area contributed by atoms with Crippen molar-refractivity contribution in [1.29, 1.82) is 0 Å². The van der Waals surface area contributed by atoms with Crippen LogP contribution < -0.4 is 5.01 Å². The summed E-state index contributed by atoms with van der Waals surface area (Å²) >= 11 is 0. The van der Waals surface area contributed by atoms with Crippen molar-refractivity contribution in [2.24, 2.45) is 5.10 Å². The van der Waals surface area contributed by atoms with E-state index < -0.39 is 0 Å². The Morgan fingerprint density at radius 2 is 1.65 bits per heavy atom. The summed E-state index contributed by atoms with van der Waals surface area (Å²) in [6, 6.07) is 24.1. The van der Waals surface area contributed by atoms with E-state index in [4.69, 9.17) is 0 Å². The molecule has 0 aliphatic carbocycles. The first kappa shape index (κ1) is 19.0. The van der Waals surface area contributed by atoms with Crippen LogP contribution in [0.2, 0.25) is 0 Å². The molecule has 0 bridgehead atoms. The highest BCUT2D eigenvalue weighted by atomic mass is 19.1. The zero-order chi connectivity index (χ0) is 21.4. The maximum absolute atomic E-state index is 14.2. The van der Waals surface area contributed by atoms with E-state index in [1.165, 1.54) is 11.1 Å². The smallest absolute Gasteiger partial charge is 0.280 e. The lowest BCUT2D eigenvalue weighted by Crippen LogP contribution is -2.21. The van der Waals surface area contributed by atoms with Gasteiger partial charge in [0.05, 0.1) is 23.5 Å². The van der Waals surface area contributed by atoms with Crippen LogP contribution in [0.25, 0.3) is 17.0 Å². The highest BCUT2D eigenvalue weighted by Crippen LogP contribution is 2.29. The van der Waals surface area contributed by atoms with Crippen molar-refractivity contribution >= 4 is 34.3 Å². The molecule has 1 aromatic heterocycles. The fraction of sp³-hybridized carbons (Fsp3) is 0.0769. The maximum Gasteiger partial charge on any atom is 0.280 e. The van der Waals surface area contributed by atoms with E-state index in [1.54, 1.807) is 12.1 Å². The largest absolute Gasteiger partial charge is 0.342 e. The molecule has 1 aliphatic rings. The third-order valence-corrected chi connectivity index (χ3v) is 5.48. The van der Waals surface area contributed by atoms with Gasteiger partial charge in [-0.15, -0.1) is 0 Å². The van der Waals surface area contributed by atoms with Crippen molar-refractivity contribution in [1.82, 2.24) is 4.57 Å². The van der Waals surface area contributed by atoms with Crippen molar-refractivity contribution < 1.29 is 9.18 Å². The number of rotatable bonds is 4. The van der Waals surface area contributed by atoms with E-state index in [2.05, 4.69) is 5.10 Å². The van der Waals surface area contributed by atoms with Crippen molar-refractivity contribution in [3.05, 3.63) is 108 Å². The van der Waals surface area contributed by atoms with Crippen LogP contribution >= 0.6 is 0 Å². The Kier molecular flexibility index (Phi) is 4.71. The first-order chi connectivity index (χ1) is 15.1. The van der Waals surface area contributed by atoms with Gasteiger partial charge in [-0.25, -0.2) is 4.39 Å². The van der Waals surface area contributed by atoms with Crippen molar-refractivity contribution in [3.63, 3.8) is 0 Å². The predicted octanol–water partition coefficient (Wildman–Crippen LogP) is 5.63. The zero-order valence-electron chi connectivity index (χ0n) is 17.0. The number of fused-ring (bicyclic) bond motifs is 1. The van der Waals surface area contributed by atoms with E-state index >= 15 is 0 Å². The number of aromatic nitrogens is 1. The minimum atomic E-state index is -0.229. The second-order valence-corrected chi connectivity index (χ2v) is 7.52. The molecular formula is C26H20FN3O. The van der Waals surface area contributed by atoms with Gasteiger partial charge in [0.15, 0.2) is 0 Å². The first-order valence-corrected chi connectivity index (χ1v) is 10.1. The molecule has 4 nitrogen and oxygen atoms in total. The number of nitrogens with zero attached hydrogens (tertiary/aromatic N) is 3. The second kappa shape index (κ2) is 7.69. The zero-order valence-corrected chi connectivity index (χ0v) is 17.0. The van der Waals surface area contributed by atoms with Crippen molar-refractivity contribution in [2.45, 2.75) is 13.5 Å². The summed E-state index contributed by atoms with van der Waals surface area (Å²) in [5.41, 5.74) is 4.46. The summed E-state index contributed by atoms with van der Waals surface area (Å²) in [6.45, 7) is 2.25. The van der Waals surface area contributed by atoms with Crippen molar-refractivity contribution in [3.8, 4) is 0 Å². The van der Waals surface area contributed by atoms with Gasteiger partial charge in [-0.05, 0) is 37.3 Å². The quantitative estimate of drug-likeness (QED) is 0.402. The number of amides is 1. The normalized spacial score (nSPS) is 15.2. The Labute approximate surface area is 179 Å². The Bertz CT molecular complexity index is 1350. The van der Waals surface area contributed by atoms with Gasteiger partial charge in [0.2, 0.25) is 0 Å². The van der Waals surface area contributed by atoms with Crippen LogP contribution in [-0.4, -0.2) is 16.2 Å². The van der Waals surface area contributed by atoms with Gasteiger partial charge in [-0.2, -0.15) is 10.1 Å². The molecule has 5 heteroatoms. The average Bonchev–Trinajstić information content (AvgIpc) is 3.28. The predicted molar refractivity (Wildman–Crippen MR) is 122 cm³/mol. The Hall–Kier alpha value is -3.99. The number of hydrazone groups is 1. The van der Waals surface area contributed by atoms with Gasteiger partial charge in [0.1, 0.15) is 5.82 Å². The van der Waals surface area contributed by atoms with Gasteiger partial charge in [0, 0.05) is 28.2 Å². The molecule has 0 N–H and O–H groups in total. The number of hydrogen-bond acceptors (Lipinski definition) is 2. The fourth-order valence-corrected chi connectivity index (χ4v) is 3.92. The number of anilines is 1. The van der Waals surface area contributed by atoms with Crippen LogP contribution in [0.4, 0.5) is 10.1 Å². The molecule has 1 amide bonds. The molecule has 1 aliphatic heterocycles. The lowest BCUT2D eigenvalue weighted by molar-refractivity contribution is -0.114. The molecule has 152 valence electrons. The summed E-state index contributed by atoms with van der Waals surface area (Å²) in [6.07, 6.45) is 3.85. The van der Waals surface area contributed by atoms with E-state index in [-0.39, 0.29) is 11.7 Å². The third kappa shape index (κ3) is 3.44. The average molecular weight is 409 g/mol. The SMILES string of the molecule is CC1=NN(c2ccccc2)C(=O)C1=Cc1cn(Cc2ccccc2F)c2ccccc12. The molecule has 0 radical (unpaired) electrons. The van der Waals surface area contributed by atoms with Gasteiger partial charge in [-0.3, -0.25) is 4.79 Å². The van der Waals surface area contributed by atoms with Crippen molar-refractivity contribution in [2.75, 3.05) is 5.01 Å². The highest BCUT2D eigenvalue weighted by molar-refractivity contribution is 6.32. The fourth-order valence-electron chi connectivity index (χ4n) is 3.92. The lowest BCUT2D eigenvalue weighted by atomic mass is 10.1. The van der Waals surface area contributed by atoms with E-state index in [1.807, 2.05) is 84.4 Å².